The minimum absolute atomic E-state index is 0.0198. The second kappa shape index (κ2) is 7.87. The topological polar surface area (TPSA) is 77.5 Å². The number of piperazine rings is 1. The van der Waals surface area contributed by atoms with Crippen LogP contribution in [-0.2, 0) is 11.2 Å². The van der Waals surface area contributed by atoms with Crippen molar-refractivity contribution in [3.05, 3.63) is 45.0 Å². The maximum Gasteiger partial charge on any atom is 0.241 e. The second-order valence-corrected chi connectivity index (χ2v) is 10.2. The highest BCUT2D eigenvalue weighted by Gasteiger charge is 2.58. The Bertz CT molecular complexity index is 1330. The van der Waals surface area contributed by atoms with E-state index in [1.807, 2.05) is 32.7 Å². The van der Waals surface area contributed by atoms with Crippen LogP contribution in [0.4, 0.5) is 0 Å². The van der Waals surface area contributed by atoms with E-state index in [-0.39, 0.29) is 36.6 Å². The minimum Gasteiger partial charge on any atom is -0.496 e. The quantitative estimate of drug-likeness (QED) is 0.645. The summed E-state index contributed by atoms with van der Waals surface area (Å²) in [6, 6.07) is 0.476. The van der Waals surface area contributed by atoms with Crippen LogP contribution in [0.1, 0.15) is 69.2 Å². The fourth-order valence-electron chi connectivity index (χ4n) is 7.22. The third-order valence-electron chi connectivity index (χ3n) is 8.63. The highest BCUT2D eigenvalue weighted by atomic mass is 16.7. The molecule has 1 fully saturated rings. The molecule has 1 amide bonds. The molecule has 4 aliphatic heterocycles. The summed E-state index contributed by atoms with van der Waals surface area (Å²) in [5.41, 5.74) is 6.23. The SMILES string of the molecule is CC[C@H]1c2c3c(c(C)c(OC)c2C(=O)C2C4c5c(cc(C)c(OC)c5C)CC(C(=O)N21)N4C)OCO3. The standard InChI is InChI=1S/C28H32N2O6/c1-8-16-19-20(25(34-7)14(4)26-27(19)36-11-35-26)23(31)22-21-18-13(3)24(33-6)12(2)9-15(18)10-17(29(21)5)28(32)30(16)22/h9,16-17,21-22H,8,10-11H2,1-7H3/t16-,17?,21?,22?/m0/s1. The van der Waals surface area contributed by atoms with Gasteiger partial charge >= 0.3 is 0 Å². The van der Waals surface area contributed by atoms with E-state index in [4.69, 9.17) is 18.9 Å². The number of nitrogens with zero attached hydrogens (tertiary/aromatic N) is 2. The molecular formula is C28H32N2O6. The Kier molecular flexibility index (Phi) is 5.06. The van der Waals surface area contributed by atoms with Gasteiger partial charge in [0.15, 0.2) is 17.3 Å². The molecule has 190 valence electrons. The molecule has 6 rings (SSSR count). The first kappa shape index (κ1) is 23.2. The van der Waals surface area contributed by atoms with E-state index >= 15 is 0 Å². The van der Waals surface area contributed by atoms with E-state index in [0.29, 0.717) is 41.2 Å². The molecule has 0 N–H and O–H groups in total. The fourth-order valence-corrected chi connectivity index (χ4v) is 7.22. The lowest BCUT2D eigenvalue weighted by molar-refractivity contribution is -0.153. The van der Waals surface area contributed by atoms with E-state index in [9.17, 15) is 9.59 Å². The number of rotatable bonds is 3. The van der Waals surface area contributed by atoms with Crippen molar-refractivity contribution in [2.45, 2.75) is 64.7 Å². The highest BCUT2D eigenvalue weighted by molar-refractivity contribution is 6.10. The zero-order valence-corrected chi connectivity index (χ0v) is 21.9. The summed E-state index contributed by atoms with van der Waals surface area (Å²) in [5, 5.41) is 0. The first-order chi connectivity index (χ1) is 17.3. The van der Waals surface area contributed by atoms with Crippen LogP contribution in [0.3, 0.4) is 0 Å². The molecular weight excluding hydrogens is 460 g/mol. The lowest BCUT2D eigenvalue weighted by atomic mass is 9.72. The van der Waals surface area contributed by atoms with Crippen molar-refractivity contribution in [1.29, 1.82) is 0 Å². The van der Waals surface area contributed by atoms with Gasteiger partial charge in [0, 0.05) is 11.1 Å². The van der Waals surface area contributed by atoms with Crippen molar-refractivity contribution in [2.75, 3.05) is 28.1 Å². The molecule has 0 aromatic heterocycles. The van der Waals surface area contributed by atoms with Crippen molar-refractivity contribution >= 4 is 11.7 Å². The summed E-state index contributed by atoms with van der Waals surface area (Å²) < 4.78 is 23.3. The number of hydrogen-bond acceptors (Lipinski definition) is 7. The van der Waals surface area contributed by atoms with Crippen LogP contribution in [0.15, 0.2) is 6.07 Å². The van der Waals surface area contributed by atoms with Crippen molar-refractivity contribution in [3.8, 4) is 23.0 Å². The van der Waals surface area contributed by atoms with Crippen LogP contribution in [0, 0.1) is 20.8 Å². The minimum atomic E-state index is -0.685. The summed E-state index contributed by atoms with van der Waals surface area (Å²) in [6.07, 6.45) is 1.24. The van der Waals surface area contributed by atoms with E-state index in [0.717, 1.165) is 33.6 Å². The van der Waals surface area contributed by atoms with Gasteiger partial charge in [-0.2, -0.15) is 0 Å². The molecule has 8 nitrogen and oxygen atoms in total. The molecule has 2 bridgehead atoms. The Balaban J connectivity index is 1.65. The molecule has 3 unspecified atom stereocenters. The van der Waals surface area contributed by atoms with Gasteiger partial charge < -0.3 is 23.8 Å². The fraction of sp³-hybridized carbons (Fsp3) is 0.500. The second-order valence-electron chi connectivity index (χ2n) is 10.2. The molecule has 0 radical (unpaired) electrons. The van der Waals surface area contributed by atoms with Crippen molar-refractivity contribution in [1.82, 2.24) is 9.80 Å². The average molecular weight is 493 g/mol. The predicted octanol–water partition coefficient (Wildman–Crippen LogP) is 3.81. The zero-order chi connectivity index (χ0) is 25.6. The third-order valence-corrected chi connectivity index (χ3v) is 8.63. The van der Waals surface area contributed by atoms with E-state index in [2.05, 4.69) is 17.9 Å². The lowest BCUT2D eigenvalue weighted by Crippen LogP contribution is -2.68. The van der Waals surface area contributed by atoms with E-state index in [1.165, 1.54) is 0 Å². The molecule has 1 saturated heterocycles. The number of benzene rings is 2. The normalized spacial score (nSPS) is 25.9. The van der Waals surface area contributed by atoms with Gasteiger partial charge in [0.05, 0.1) is 37.9 Å². The van der Waals surface area contributed by atoms with Gasteiger partial charge in [-0.25, -0.2) is 0 Å². The maximum absolute atomic E-state index is 14.5. The third kappa shape index (κ3) is 2.68. The molecule has 2 aromatic carbocycles. The number of likely N-dealkylation sites (N-methyl/N-ethyl adjacent to an activating group) is 1. The van der Waals surface area contributed by atoms with Gasteiger partial charge in [-0.15, -0.1) is 0 Å². The van der Waals surface area contributed by atoms with Crippen molar-refractivity contribution in [2.24, 2.45) is 0 Å². The number of aryl methyl sites for hydroxylation is 1. The Labute approximate surface area is 211 Å². The molecule has 4 heterocycles. The Morgan fingerprint density at radius 3 is 2.33 bits per heavy atom. The number of Topliss-reactive ketones (excluding diaryl/α,β-unsaturated/α-hetero) is 1. The number of carbonyl (C=O) groups is 2. The summed E-state index contributed by atoms with van der Waals surface area (Å²) in [6.45, 7) is 8.09. The van der Waals surface area contributed by atoms with E-state index < -0.39 is 6.04 Å². The van der Waals surface area contributed by atoms with Crippen LogP contribution in [0.25, 0.3) is 0 Å². The Hall–Kier alpha value is -3.26. The molecule has 0 spiro atoms. The van der Waals surface area contributed by atoms with Crippen LogP contribution in [-0.4, -0.2) is 61.6 Å². The number of fused-ring (bicyclic) bond motifs is 9. The van der Waals surface area contributed by atoms with Crippen molar-refractivity contribution < 1.29 is 28.5 Å². The molecule has 4 aliphatic rings. The van der Waals surface area contributed by atoms with Crippen LogP contribution in [0.2, 0.25) is 0 Å². The lowest BCUT2D eigenvalue weighted by Gasteiger charge is -2.56. The van der Waals surface area contributed by atoms with Crippen LogP contribution < -0.4 is 18.9 Å². The van der Waals surface area contributed by atoms with Gasteiger partial charge in [0.1, 0.15) is 17.5 Å². The smallest absolute Gasteiger partial charge is 0.241 e. The Morgan fingerprint density at radius 2 is 1.67 bits per heavy atom. The summed E-state index contributed by atoms with van der Waals surface area (Å²) in [4.78, 5) is 32.6. The van der Waals surface area contributed by atoms with Gasteiger partial charge in [-0.05, 0) is 62.9 Å². The summed E-state index contributed by atoms with van der Waals surface area (Å²) in [7, 11) is 5.22. The zero-order valence-electron chi connectivity index (χ0n) is 21.9. The van der Waals surface area contributed by atoms with Gasteiger partial charge in [-0.3, -0.25) is 14.5 Å². The van der Waals surface area contributed by atoms with Crippen LogP contribution >= 0.6 is 0 Å². The van der Waals surface area contributed by atoms with Crippen molar-refractivity contribution in [3.63, 3.8) is 0 Å². The number of carbonyl (C=O) groups excluding carboxylic acids is 2. The summed E-state index contributed by atoms with van der Waals surface area (Å²) in [5.74, 6) is 2.35. The van der Waals surface area contributed by atoms with Gasteiger partial charge in [0.25, 0.3) is 0 Å². The monoisotopic (exact) mass is 492 g/mol. The van der Waals surface area contributed by atoms with Gasteiger partial charge in [0.2, 0.25) is 12.7 Å². The number of hydrogen-bond donors (Lipinski definition) is 0. The van der Waals surface area contributed by atoms with E-state index in [1.54, 1.807) is 14.2 Å². The molecule has 0 saturated carbocycles. The maximum atomic E-state index is 14.5. The predicted molar refractivity (Wildman–Crippen MR) is 132 cm³/mol. The molecule has 8 heteroatoms. The number of ketones is 1. The number of ether oxygens (including phenoxy) is 4. The largest absolute Gasteiger partial charge is 0.496 e. The van der Waals surface area contributed by atoms with Gasteiger partial charge in [-0.1, -0.05) is 13.0 Å². The van der Waals surface area contributed by atoms with Crippen LogP contribution in [0.5, 0.6) is 23.0 Å². The molecule has 4 atom stereocenters. The highest BCUT2D eigenvalue weighted by Crippen LogP contribution is 2.57. The Morgan fingerprint density at radius 1 is 0.972 bits per heavy atom. The first-order valence-corrected chi connectivity index (χ1v) is 12.5. The molecule has 2 aromatic rings. The summed E-state index contributed by atoms with van der Waals surface area (Å²) >= 11 is 0. The molecule has 0 aliphatic carbocycles. The molecule has 36 heavy (non-hydrogen) atoms. The first-order valence-electron chi connectivity index (χ1n) is 12.5. The number of methoxy groups -OCH3 is 2. The number of amides is 1. The average Bonchev–Trinajstić information content (AvgIpc) is 3.34.